The molecule has 5 heteroatoms. The Kier molecular flexibility index (Phi) is 5.24. The summed E-state index contributed by atoms with van der Waals surface area (Å²) < 4.78 is 2.03. The molecule has 0 saturated heterocycles. The molecule has 0 aliphatic carbocycles. The maximum atomic E-state index is 12.1. The van der Waals surface area contributed by atoms with Gasteiger partial charge in [0.2, 0.25) is 5.91 Å². The quantitative estimate of drug-likeness (QED) is 0.519. The van der Waals surface area contributed by atoms with Crippen LogP contribution in [0.25, 0.3) is 0 Å². The van der Waals surface area contributed by atoms with Gasteiger partial charge in [0.1, 0.15) is 5.38 Å². The Morgan fingerprint density at radius 1 is 1.21 bits per heavy atom. The molecule has 0 saturated carbocycles. The molecule has 0 aliphatic rings. The molecule has 0 bridgehead atoms. The number of carbonyl (C=O) groups excluding carboxylic acids is 1. The van der Waals surface area contributed by atoms with Gasteiger partial charge in [-0.2, -0.15) is 0 Å². The molecule has 2 aromatic carbocycles. The third kappa shape index (κ3) is 3.94. The number of nitrogens with one attached hydrogen (secondary N) is 1. The van der Waals surface area contributed by atoms with Crippen LogP contribution in [0.2, 0.25) is 0 Å². The average molecular weight is 451 g/mol. The normalized spacial score (nSPS) is 11.9. The van der Waals surface area contributed by atoms with E-state index >= 15 is 0 Å². The molecule has 2 nitrogen and oxygen atoms in total. The molecule has 1 N–H and O–H groups in total. The molecule has 98 valence electrons. The fraction of sp³-hybridized carbons (Fsp3) is 0.0714. The average Bonchev–Trinajstić information content (AvgIpc) is 2.43. The van der Waals surface area contributed by atoms with Crippen LogP contribution in [0, 0.1) is 3.57 Å². The predicted molar refractivity (Wildman–Crippen MR) is 90.5 cm³/mol. The Hall–Kier alpha value is -0.590. The fourth-order valence-corrected chi connectivity index (χ4v) is 2.51. The summed E-state index contributed by atoms with van der Waals surface area (Å²) in [5.74, 6) is -0.231. The molecule has 0 heterocycles. The second-order valence-electron chi connectivity index (χ2n) is 3.89. The second kappa shape index (κ2) is 6.72. The number of rotatable bonds is 3. The second-order valence-corrected chi connectivity index (χ2v) is 6.34. The zero-order valence-electron chi connectivity index (χ0n) is 9.74. The summed E-state index contributed by atoms with van der Waals surface area (Å²) in [4.78, 5) is 12.1. The van der Waals surface area contributed by atoms with Crippen LogP contribution in [0.15, 0.2) is 53.0 Å². The lowest BCUT2D eigenvalue weighted by Crippen LogP contribution is -2.17. The number of hydrogen-bond acceptors (Lipinski definition) is 1. The van der Waals surface area contributed by atoms with Crippen LogP contribution in [0.1, 0.15) is 10.9 Å². The SMILES string of the molecule is O=C(Nc1ccc(Br)c(I)c1)C(Cl)c1ccccc1. The first-order chi connectivity index (χ1) is 9.08. The van der Waals surface area contributed by atoms with Crippen LogP contribution in [-0.4, -0.2) is 5.91 Å². The summed E-state index contributed by atoms with van der Waals surface area (Å²) in [6, 6.07) is 14.9. The van der Waals surface area contributed by atoms with Crippen LogP contribution in [-0.2, 0) is 4.79 Å². The summed E-state index contributed by atoms with van der Waals surface area (Å²) in [6.07, 6.45) is 0. The lowest BCUT2D eigenvalue weighted by atomic mass is 10.1. The Labute approximate surface area is 138 Å². The summed E-state index contributed by atoms with van der Waals surface area (Å²) in [5, 5.41) is 2.12. The molecule has 1 amide bonds. The number of alkyl halides is 1. The number of carbonyl (C=O) groups is 1. The largest absolute Gasteiger partial charge is 0.324 e. The van der Waals surface area contributed by atoms with E-state index in [9.17, 15) is 4.79 Å². The minimum atomic E-state index is -0.692. The van der Waals surface area contributed by atoms with Gasteiger partial charge in [-0.25, -0.2) is 0 Å². The first-order valence-corrected chi connectivity index (χ1v) is 7.83. The van der Waals surface area contributed by atoms with E-state index in [0.717, 1.165) is 19.3 Å². The van der Waals surface area contributed by atoms with Gasteiger partial charge in [0.05, 0.1) is 0 Å². The number of anilines is 1. The highest BCUT2D eigenvalue weighted by Gasteiger charge is 2.17. The summed E-state index contributed by atoms with van der Waals surface area (Å²) in [5.41, 5.74) is 1.52. The van der Waals surface area contributed by atoms with E-state index in [-0.39, 0.29) is 5.91 Å². The van der Waals surface area contributed by atoms with Crippen molar-refractivity contribution in [3.8, 4) is 0 Å². The van der Waals surface area contributed by atoms with E-state index in [2.05, 4.69) is 43.8 Å². The van der Waals surface area contributed by atoms with Crippen molar-refractivity contribution in [3.05, 3.63) is 62.1 Å². The number of amides is 1. The van der Waals surface area contributed by atoms with Crippen molar-refractivity contribution in [1.82, 2.24) is 0 Å². The van der Waals surface area contributed by atoms with Crippen molar-refractivity contribution in [2.75, 3.05) is 5.32 Å². The van der Waals surface area contributed by atoms with Gasteiger partial charge in [0.25, 0.3) is 0 Å². The van der Waals surface area contributed by atoms with Gasteiger partial charge in [-0.3, -0.25) is 4.79 Å². The highest BCUT2D eigenvalue weighted by Crippen LogP contribution is 2.25. The van der Waals surface area contributed by atoms with Crippen LogP contribution in [0.4, 0.5) is 5.69 Å². The Morgan fingerprint density at radius 3 is 2.53 bits per heavy atom. The van der Waals surface area contributed by atoms with Crippen molar-refractivity contribution in [2.24, 2.45) is 0 Å². The molecular weight excluding hydrogens is 440 g/mol. The van der Waals surface area contributed by atoms with E-state index in [1.807, 2.05) is 48.5 Å². The standard InChI is InChI=1S/C14H10BrClINO/c15-11-7-6-10(8-12(11)17)18-14(19)13(16)9-4-2-1-3-5-9/h1-8,13H,(H,18,19). The van der Waals surface area contributed by atoms with Crippen LogP contribution >= 0.6 is 50.1 Å². The molecule has 0 aliphatic heterocycles. The van der Waals surface area contributed by atoms with Crippen molar-refractivity contribution < 1.29 is 4.79 Å². The fourth-order valence-electron chi connectivity index (χ4n) is 1.55. The van der Waals surface area contributed by atoms with Crippen LogP contribution in [0.3, 0.4) is 0 Å². The Morgan fingerprint density at radius 2 is 1.89 bits per heavy atom. The Bertz CT molecular complexity index is 591. The Balaban J connectivity index is 2.10. The van der Waals surface area contributed by atoms with E-state index in [0.29, 0.717) is 0 Å². The smallest absolute Gasteiger partial charge is 0.246 e. The van der Waals surface area contributed by atoms with Crippen molar-refractivity contribution in [1.29, 1.82) is 0 Å². The van der Waals surface area contributed by atoms with Gasteiger partial charge < -0.3 is 5.32 Å². The molecular formula is C14H10BrClINO. The topological polar surface area (TPSA) is 29.1 Å². The van der Waals surface area contributed by atoms with Crippen LogP contribution in [0.5, 0.6) is 0 Å². The van der Waals surface area contributed by atoms with Gasteiger partial charge in [-0.1, -0.05) is 30.3 Å². The van der Waals surface area contributed by atoms with Gasteiger partial charge in [0, 0.05) is 13.7 Å². The molecule has 19 heavy (non-hydrogen) atoms. The molecule has 2 rings (SSSR count). The number of halogens is 3. The monoisotopic (exact) mass is 449 g/mol. The lowest BCUT2D eigenvalue weighted by Gasteiger charge is -2.11. The minimum Gasteiger partial charge on any atom is -0.324 e. The number of benzene rings is 2. The third-order valence-electron chi connectivity index (χ3n) is 2.51. The van der Waals surface area contributed by atoms with Crippen molar-refractivity contribution >= 4 is 61.7 Å². The van der Waals surface area contributed by atoms with Crippen LogP contribution < -0.4 is 5.32 Å². The maximum absolute atomic E-state index is 12.1. The third-order valence-corrected chi connectivity index (χ3v) is 5.28. The molecule has 2 aromatic rings. The first-order valence-electron chi connectivity index (χ1n) is 5.53. The van der Waals surface area contributed by atoms with E-state index in [1.54, 1.807) is 0 Å². The molecule has 1 unspecified atom stereocenters. The molecule has 1 atom stereocenters. The highest BCUT2D eigenvalue weighted by atomic mass is 127. The minimum absolute atomic E-state index is 0.231. The van der Waals surface area contributed by atoms with Gasteiger partial charge in [-0.05, 0) is 62.3 Å². The highest BCUT2D eigenvalue weighted by molar-refractivity contribution is 14.1. The summed E-state index contributed by atoms with van der Waals surface area (Å²) in [7, 11) is 0. The van der Waals surface area contributed by atoms with E-state index in [1.165, 1.54) is 0 Å². The zero-order chi connectivity index (χ0) is 13.8. The zero-order valence-corrected chi connectivity index (χ0v) is 14.2. The lowest BCUT2D eigenvalue weighted by molar-refractivity contribution is -0.116. The number of hydrogen-bond donors (Lipinski definition) is 1. The molecule has 0 fully saturated rings. The van der Waals surface area contributed by atoms with Gasteiger partial charge >= 0.3 is 0 Å². The first kappa shape index (κ1) is 14.8. The summed E-state index contributed by atoms with van der Waals surface area (Å²) >= 11 is 11.8. The van der Waals surface area contributed by atoms with Crippen molar-refractivity contribution in [2.45, 2.75) is 5.38 Å². The maximum Gasteiger partial charge on any atom is 0.246 e. The van der Waals surface area contributed by atoms with Gasteiger partial charge in [-0.15, -0.1) is 11.6 Å². The predicted octanol–water partition coefficient (Wildman–Crippen LogP) is 4.97. The van der Waals surface area contributed by atoms with Crippen molar-refractivity contribution in [3.63, 3.8) is 0 Å². The van der Waals surface area contributed by atoms with E-state index < -0.39 is 5.38 Å². The molecule has 0 aromatic heterocycles. The molecule has 0 radical (unpaired) electrons. The van der Waals surface area contributed by atoms with Gasteiger partial charge in [0.15, 0.2) is 0 Å². The summed E-state index contributed by atoms with van der Waals surface area (Å²) in [6.45, 7) is 0. The molecule has 0 spiro atoms. The van der Waals surface area contributed by atoms with E-state index in [4.69, 9.17) is 11.6 Å².